The van der Waals surface area contributed by atoms with Crippen molar-refractivity contribution in [1.29, 1.82) is 0 Å². The molecule has 2 aromatic heterocycles. The molecule has 0 atom stereocenters. The Balaban J connectivity index is 0.00000150. The SMILES string of the molecule is Cc1ccc2nc(/C=C\c3cccnc3)nc(NC3CCC(N)CC3)c2c1.Cl.Cl.Cl. The van der Waals surface area contributed by atoms with Gasteiger partial charge in [0.25, 0.3) is 0 Å². The smallest absolute Gasteiger partial charge is 0.154 e. The zero-order chi connectivity index (χ0) is 18.6. The van der Waals surface area contributed by atoms with Crippen LogP contribution in [0.25, 0.3) is 23.1 Å². The minimum atomic E-state index is 0. The van der Waals surface area contributed by atoms with Crippen LogP contribution in [0.15, 0.2) is 42.7 Å². The van der Waals surface area contributed by atoms with E-state index in [1.807, 2.05) is 30.5 Å². The third-order valence-corrected chi connectivity index (χ3v) is 5.09. The molecule has 1 aliphatic rings. The average molecular weight is 469 g/mol. The van der Waals surface area contributed by atoms with E-state index in [0.29, 0.717) is 17.9 Å². The van der Waals surface area contributed by atoms with E-state index >= 15 is 0 Å². The highest BCUT2D eigenvalue weighted by atomic mass is 35.5. The molecule has 5 nitrogen and oxygen atoms in total. The predicted octanol–water partition coefficient (Wildman–Crippen LogP) is 5.45. The molecule has 0 aliphatic heterocycles. The molecule has 1 fully saturated rings. The van der Waals surface area contributed by atoms with Crippen LogP contribution in [-0.4, -0.2) is 27.0 Å². The normalized spacial score (nSPS) is 18.2. The fourth-order valence-corrected chi connectivity index (χ4v) is 3.55. The number of hydrogen-bond acceptors (Lipinski definition) is 5. The predicted molar refractivity (Wildman–Crippen MR) is 133 cm³/mol. The Hall–Kier alpha value is -1.92. The van der Waals surface area contributed by atoms with Crippen LogP contribution in [0.1, 0.15) is 42.6 Å². The van der Waals surface area contributed by atoms with Crippen LogP contribution in [-0.2, 0) is 0 Å². The molecule has 0 amide bonds. The fourth-order valence-electron chi connectivity index (χ4n) is 3.55. The second-order valence-corrected chi connectivity index (χ2v) is 7.33. The number of pyridine rings is 1. The van der Waals surface area contributed by atoms with Gasteiger partial charge in [-0.25, -0.2) is 9.97 Å². The van der Waals surface area contributed by atoms with Crippen molar-refractivity contribution < 1.29 is 0 Å². The van der Waals surface area contributed by atoms with E-state index in [9.17, 15) is 0 Å². The Morgan fingerprint density at radius 3 is 2.47 bits per heavy atom. The molecule has 4 rings (SSSR count). The van der Waals surface area contributed by atoms with Crippen molar-refractivity contribution in [2.45, 2.75) is 44.7 Å². The van der Waals surface area contributed by atoms with E-state index in [2.05, 4.69) is 35.4 Å². The summed E-state index contributed by atoms with van der Waals surface area (Å²) in [7, 11) is 0. The van der Waals surface area contributed by atoms with Gasteiger partial charge in [-0.3, -0.25) is 4.98 Å². The van der Waals surface area contributed by atoms with Crippen molar-refractivity contribution in [1.82, 2.24) is 15.0 Å². The molecule has 3 N–H and O–H groups in total. The van der Waals surface area contributed by atoms with Crippen LogP contribution in [0.2, 0.25) is 0 Å². The first kappa shape index (κ1) is 26.1. The van der Waals surface area contributed by atoms with Crippen LogP contribution < -0.4 is 11.1 Å². The maximum absolute atomic E-state index is 6.05. The number of rotatable bonds is 4. The lowest BCUT2D eigenvalue weighted by Crippen LogP contribution is -2.33. The van der Waals surface area contributed by atoms with Gasteiger partial charge in [-0.1, -0.05) is 17.7 Å². The van der Waals surface area contributed by atoms with Crippen molar-refractivity contribution in [3.63, 3.8) is 0 Å². The summed E-state index contributed by atoms with van der Waals surface area (Å²) in [6.07, 6.45) is 11.8. The topological polar surface area (TPSA) is 76.7 Å². The number of fused-ring (bicyclic) bond motifs is 1. The van der Waals surface area contributed by atoms with Crippen LogP contribution in [0.4, 0.5) is 5.82 Å². The number of hydrogen-bond donors (Lipinski definition) is 2. The van der Waals surface area contributed by atoms with Crippen molar-refractivity contribution >= 4 is 66.1 Å². The first-order valence-electron chi connectivity index (χ1n) is 9.56. The van der Waals surface area contributed by atoms with Gasteiger partial charge in [0, 0.05) is 29.9 Å². The first-order valence-corrected chi connectivity index (χ1v) is 9.56. The van der Waals surface area contributed by atoms with Gasteiger partial charge in [0.1, 0.15) is 5.82 Å². The van der Waals surface area contributed by atoms with Gasteiger partial charge in [-0.2, -0.15) is 0 Å². The van der Waals surface area contributed by atoms with Crippen molar-refractivity contribution in [2.75, 3.05) is 5.32 Å². The van der Waals surface area contributed by atoms with E-state index in [-0.39, 0.29) is 37.2 Å². The Bertz CT molecular complexity index is 958. The van der Waals surface area contributed by atoms with E-state index < -0.39 is 0 Å². The molecule has 1 saturated carbocycles. The molecule has 1 aliphatic carbocycles. The highest BCUT2D eigenvalue weighted by molar-refractivity contribution is 5.90. The van der Waals surface area contributed by atoms with Crippen molar-refractivity contribution in [3.8, 4) is 0 Å². The summed E-state index contributed by atoms with van der Waals surface area (Å²) in [5.74, 6) is 1.61. The molecule has 1 aromatic carbocycles. The lowest BCUT2D eigenvalue weighted by Gasteiger charge is -2.27. The summed E-state index contributed by atoms with van der Waals surface area (Å²) in [6, 6.07) is 11.0. The summed E-state index contributed by atoms with van der Waals surface area (Å²) >= 11 is 0. The van der Waals surface area contributed by atoms with Crippen LogP contribution >= 0.6 is 37.2 Å². The maximum atomic E-state index is 6.05. The lowest BCUT2D eigenvalue weighted by atomic mass is 9.92. The Labute approximate surface area is 196 Å². The van der Waals surface area contributed by atoms with Gasteiger partial charge in [0.05, 0.1) is 5.52 Å². The minimum Gasteiger partial charge on any atom is -0.367 e. The van der Waals surface area contributed by atoms with Gasteiger partial charge in [0.15, 0.2) is 5.82 Å². The quantitative estimate of drug-likeness (QED) is 0.532. The highest BCUT2D eigenvalue weighted by Crippen LogP contribution is 2.26. The summed E-state index contributed by atoms with van der Waals surface area (Å²) in [4.78, 5) is 13.7. The van der Waals surface area contributed by atoms with E-state index in [4.69, 9.17) is 15.7 Å². The monoisotopic (exact) mass is 467 g/mol. The number of benzene rings is 1. The highest BCUT2D eigenvalue weighted by Gasteiger charge is 2.19. The zero-order valence-electron chi connectivity index (χ0n) is 16.8. The number of aromatic nitrogens is 3. The van der Waals surface area contributed by atoms with Gasteiger partial charge < -0.3 is 11.1 Å². The summed E-state index contributed by atoms with van der Waals surface area (Å²) in [6.45, 7) is 2.10. The molecule has 0 spiro atoms. The average Bonchev–Trinajstić information content (AvgIpc) is 2.69. The number of anilines is 1. The van der Waals surface area contributed by atoms with Crippen LogP contribution in [0.5, 0.6) is 0 Å². The van der Waals surface area contributed by atoms with Crippen molar-refractivity contribution in [2.24, 2.45) is 5.73 Å². The largest absolute Gasteiger partial charge is 0.367 e. The Morgan fingerprint density at radius 1 is 1.00 bits per heavy atom. The minimum absolute atomic E-state index is 0. The number of nitrogens with zero attached hydrogens (tertiary/aromatic N) is 3. The maximum Gasteiger partial charge on any atom is 0.154 e. The molecule has 2 heterocycles. The third kappa shape index (κ3) is 6.54. The summed E-state index contributed by atoms with van der Waals surface area (Å²) < 4.78 is 0. The molecule has 0 radical (unpaired) electrons. The zero-order valence-corrected chi connectivity index (χ0v) is 19.3. The van der Waals surface area contributed by atoms with Gasteiger partial charge in [-0.15, -0.1) is 37.2 Å². The number of nitrogens with two attached hydrogens (primary N) is 1. The Kier molecular flexibility index (Phi) is 10.5. The van der Waals surface area contributed by atoms with Crippen LogP contribution in [0, 0.1) is 6.92 Å². The summed E-state index contributed by atoms with van der Waals surface area (Å²) in [5.41, 5.74) is 9.24. The van der Waals surface area contributed by atoms with E-state index in [1.165, 1.54) is 5.56 Å². The molecule has 3 aromatic rings. The second kappa shape index (κ2) is 12.1. The molecule has 0 bridgehead atoms. The lowest BCUT2D eigenvalue weighted by molar-refractivity contribution is 0.410. The van der Waals surface area contributed by atoms with E-state index in [0.717, 1.165) is 48.0 Å². The molecule has 30 heavy (non-hydrogen) atoms. The number of aryl methyl sites for hydroxylation is 1. The molecular formula is C22H28Cl3N5. The van der Waals surface area contributed by atoms with Crippen LogP contribution in [0.3, 0.4) is 0 Å². The molecular weight excluding hydrogens is 441 g/mol. The third-order valence-electron chi connectivity index (χ3n) is 5.09. The van der Waals surface area contributed by atoms with Gasteiger partial charge in [0.2, 0.25) is 0 Å². The molecule has 8 heteroatoms. The Morgan fingerprint density at radius 2 is 1.77 bits per heavy atom. The van der Waals surface area contributed by atoms with Gasteiger partial charge >= 0.3 is 0 Å². The fraction of sp³-hybridized carbons (Fsp3) is 0.318. The van der Waals surface area contributed by atoms with E-state index in [1.54, 1.807) is 6.20 Å². The molecule has 162 valence electrons. The van der Waals surface area contributed by atoms with Crippen molar-refractivity contribution in [3.05, 3.63) is 59.7 Å². The first-order chi connectivity index (χ1) is 13.2. The standard InChI is InChI=1S/C22H25N5.3ClH/c1-15-4-10-20-19(13-15)22(25-18-8-6-17(23)7-9-18)27-21(26-20)11-5-16-3-2-12-24-14-16;;;/h2-5,10-14,17-18H,6-9,23H2,1H3,(H,25,26,27);3*1H/b11-5-;;;. The number of halogens is 3. The van der Waals surface area contributed by atoms with Gasteiger partial charge in [-0.05, 0) is 68.5 Å². The molecule has 0 saturated heterocycles. The summed E-state index contributed by atoms with van der Waals surface area (Å²) in [5, 5.41) is 4.73. The second-order valence-electron chi connectivity index (χ2n) is 7.33. The number of nitrogens with one attached hydrogen (secondary N) is 1. The molecule has 0 unspecified atom stereocenters.